The van der Waals surface area contributed by atoms with Crippen LogP contribution in [0.1, 0.15) is 17.0 Å². The van der Waals surface area contributed by atoms with Crippen LogP contribution in [0.25, 0.3) is 0 Å². The second-order valence-corrected chi connectivity index (χ2v) is 5.67. The van der Waals surface area contributed by atoms with Gasteiger partial charge in [-0.3, -0.25) is 0 Å². The lowest BCUT2D eigenvalue weighted by molar-refractivity contribution is 0.527. The fourth-order valence-electron chi connectivity index (χ4n) is 2.63. The molecule has 1 N–H and O–H groups in total. The fraction of sp³-hybridized carbons (Fsp3) is 0.429. The van der Waals surface area contributed by atoms with Crippen molar-refractivity contribution in [1.29, 1.82) is 0 Å². The van der Waals surface area contributed by atoms with Gasteiger partial charge in [0.25, 0.3) is 0 Å². The van der Waals surface area contributed by atoms with Crippen molar-refractivity contribution in [2.24, 2.45) is 0 Å². The number of benzene rings is 1. The number of aryl methyl sites for hydroxylation is 1. The van der Waals surface area contributed by atoms with Crippen LogP contribution in [0.15, 0.2) is 24.3 Å². The first kappa shape index (κ1) is 12.6. The standard InChI is InChI=1S/C14H18N4S/c1-10-16-14(19-17-10)18-9-12-6-4-3-5-11(12)7-13(18)8-15-2/h3-6,13,15H,7-9H2,1-2H3. The third-order valence-corrected chi connectivity index (χ3v) is 4.40. The molecule has 0 bridgehead atoms. The highest BCUT2D eigenvalue weighted by atomic mass is 32.1. The van der Waals surface area contributed by atoms with E-state index in [1.54, 1.807) is 0 Å². The zero-order chi connectivity index (χ0) is 13.2. The van der Waals surface area contributed by atoms with Gasteiger partial charge in [0.1, 0.15) is 5.82 Å². The maximum absolute atomic E-state index is 4.55. The quantitative estimate of drug-likeness (QED) is 0.929. The summed E-state index contributed by atoms with van der Waals surface area (Å²) >= 11 is 1.50. The Labute approximate surface area is 117 Å². The van der Waals surface area contributed by atoms with Crippen molar-refractivity contribution in [3.8, 4) is 0 Å². The van der Waals surface area contributed by atoms with E-state index < -0.39 is 0 Å². The van der Waals surface area contributed by atoms with E-state index in [0.29, 0.717) is 6.04 Å². The number of rotatable bonds is 3. The van der Waals surface area contributed by atoms with Crippen LogP contribution in [-0.2, 0) is 13.0 Å². The summed E-state index contributed by atoms with van der Waals surface area (Å²) in [6.07, 6.45) is 1.07. The molecule has 2 heterocycles. The highest BCUT2D eigenvalue weighted by Gasteiger charge is 2.27. The molecule has 0 amide bonds. The van der Waals surface area contributed by atoms with Crippen molar-refractivity contribution >= 4 is 16.7 Å². The molecule has 1 aromatic heterocycles. The molecule has 0 saturated carbocycles. The van der Waals surface area contributed by atoms with Crippen molar-refractivity contribution in [2.45, 2.75) is 25.9 Å². The highest BCUT2D eigenvalue weighted by Crippen LogP contribution is 2.29. The summed E-state index contributed by atoms with van der Waals surface area (Å²) in [6, 6.07) is 9.14. The normalized spacial score (nSPS) is 18.4. The van der Waals surface area contributed by atoms with E-state index in [1.807, 2.05) is 14.0 Å². The number of nitrogens with zero attached hydrogens (tertiary/aromatic N) is 3. The number of aromatic nitrogens is 2. The molecule has 0 radical (unpaired) electrons. The number of fused-ring (bicyclic) bond motifs is 1. The van der Waals surface area contributed by atoms with Crippen LogP contribution in [0.4, 0.5) is 5.13 Å². The molecule has 5 heteroatoms. The second-order valence-electron chi connectivity index (χ2n) is 4.94. The lowest BCUT2D eigenvalue weighted by Crippen LogP contribution is -2.45. The largest absolute Gasteiger partial charge is 0.338 e. The monoisotopic (exact) mass is 274 g/mol. The predicted octanol–water partition coefficient (Wildman–Crippen LogP) is 2.00. The van der Waals surface area contributed by atoms with Crippen LogP contribution in [0.2, 0.25) is 0 Å². The average molecular weight is 274 g/mol. The van der Waals surface area contributed by atoms with Gasteiger partial charge in [-0.1, -0.05) is 24.3 Å². The topological polar surface area (TPSA) is 41.0 Å². The summed E-state index contributed by atoms with van der Waals surface area (Å²) in [5.41, 5.74) is 2.86. The molecule has 19 heavy (non-hydrogen) atoms. The van der Waals surface area contributed by atoms with Crippen LogP contribution in [0.3, 0.4) is 0 Å². The summed E-state index contributed by atoms with van der Waals surface area (Å²) in [6.45, 7) is 3.84. The minimum absolute atomic E-state index is 0.451. The third kappa shape index (κ3) is 2.48. The lowest BCUT2D eigenvalue weighted by atomic mass is 9.94. The van der Waals surface area contributed by atoms with Gasteiger partial charge in [-0.25, -0.2) is 4.98 Å². The third-order valence-electron chi connectivity index (χ3n) is 3.56. The van der Waals surface area contributed by atoms with Crippen LogP contribution in [0.5, 0.6) is 0 Å². The lowest BCUT2D eigenvalue weighted by Gasteiger charge is -2.36. The molecular formula is C14H18N4S. The Bertz CT molecular complexity index is 566. The van der Waals surface area contributed by atoms with Gasteiger partial charge >= 0.3 is 0 Å². The van der Waals surface area contributed by atoms with Crippen molar-refractivity contribution in [2.75, 3.05) is 18.5 Å². The van der Waals surface area contributed by atoms with Crippen molar-refractivity contribution in [3.63, 3.8) is 0 Å². The smallest absolute Gasteiger partial charge is 0.205 e. The van der Waals surface area contributed by atoms with Crippen molar-refractivity contribution in [3.05, 3.63) is 41.2 Å². The summed E-state index contributed by atoms with van der Waals surface area (Å²) in [5, 5.41) is 4.32. The van der Waals surface area contributed by atoms with Crippen molar-refractivity contribution < 1.29 is 0 Å². The molecule has 100 valence electrons. The van der Waals surface area contributed by atoms with Gasteiger partial charge in [-0.05, 0) is 31.5 Å². The van der Waals surface area contributed by atoms with E-state index in [9.17, 15) is 0 Å². The van der Waals surface area contributed by atoms with Gasteiger partial charge in [0.15, 0.2) is 0 Å². The Morgan fingerprint density at radius 3 is 2.84 bits per heavy atom. The van der Waals surface area contributed by atoms with Gasteiger partial charge in [0.2, 0.25) is 5.13 Å². The first-order valence-corrected chi connectivity index (χ1v) is 7.33. The van der Waals surface area contributed by atoms with Gasteiger partial charge in [-0.15, -0.1) is 0 Å². The molecule has 3 rings (SSSR count). The van der Waals surface area contributed by atoms with Gasteiger partial charge in [-0.2, -0.15) is 4.37 Å². The first-order chi connectivity index (χ1) is 9.28. The van der Waals surface area contributed by atoms with Crippen LogP contribution in [-0.4, -0.2) is 29.0 Å². The molecule has 1 aromatic carbocycles. The van der Waals surface area contributed by atoms with E-state index in [1.165, 1.54) is 22.7 Å². The van der Waals surface area contributed by atoms with Crippen molar-refractivity contribution in [1.82, 2.24) is 14.7 Å². The summed E-state index contributed by atoms with van der Waals surface area (Å²) in [7, 11) is 2.00. The number of anilines is 1. The Morgan fingerprint density at radius 2 is 2.16 bits per heavy atom. The summed E-state index contributed by atoms with van der Waals surface area (Å²) in [5.74, 6) is 0.863. The Hall–Kier alpha value is -1.46. The molecule has 2 aromatic rings. The van der Waals surface area contributed by atoms with Crippen LogP contribution < -0.4 is 10.2 Å². The van der Waals surface area contributed by atoms with E-state index in [0.717, 1.165) is 30.5 Å². The molecule has 0 saturated heterocycles. The zero-order valence-corrected chi connectivity index (χ0v) is 12.1. The van der Waals surface area contributed by atoms with E-state index >= 15 is 0 Å². The van der Waals surface area contributed by atoms with E-state index in [-0.39, 0.29) is 0 Å². The van der Waals surface area contributed by atoms with Gasteiger partial charge in [0, 0.05) is 30.7 Å². The minimum Gasteiger partial charge on any atom is -0.338 e. The Balaban J connectivity index is 1.93. The highest BCUT2D eigenvalue weighted by molar-refractivity contribution is 7.09. The Kier molecular flexibility index (Phi) is 3.48. The van der Waals surface area contributed by atoms with E-state index in [2.05, 4.69) is 43.8 Å². The molecule has 0 aliphatic carbocycles. The minimum atomic E-state index is 0.451. The second kappa shape index (κ2) is 5.27. The summed E-state index contributed by atoms with van der Waals surface area (Å²) in [4.78, 5) is 6.92. The molecular weight excluding hydrogens is 256 g/mol. The van der Waals surface area contributed by atoms with Gasteiger partial charge in [0.05, 0.1) is 0 Å². The maximum Gasteiger partial charge on any atom is 0.205 e. The zero-order valence-electron chi connectivity index (χ0n) is 11.3. The molecule has 0 spiro atoms. The predicted molar refractivity (Wildman–Crippen MR) is 78.7 cm³/mol. The van der Waals surface area contributed by atoms with Crippen LogP contribution >= 0.6 is 11.5 Å². The summed E-state index contributed by atoms with van der Waals surface area (Å²) < 4.78 is 4.31. The first-order valence-electron chi connectivity index (χ1n) is 6.56. The molecule has 4 nitrogen and oxygen atoms in total. The Morgan fingerprint density at radius 1 is 1.37 bits per heavy atom. The SMILES string of the molecule is CNCC1Cc2ccccc2CN1c1nc(C)ns1. The molecule has 1 aliphatic heterocycles. The van der Waals surface area contributed by atoms with Gasteiger partial charge < -0.3 is 10.2 Å². The number of nitrogens with one attached hydrogen (secondary N) is 1. The van der Waals surface area contributed by atoms with Crippen LogP contribution in [0, 0.1) is 6.92 Å². The fourth-order valence-corrected chi connectivity index (χ4v) is 3.38. The molecule has 1 unspecified atom stereocenters. The molecule has 1 aliphatic rings. The van der Waals surface area contributed by atoms with E-state index in [4.69, 9.17) is 0 Å². The number of likely N-dealkylation sites (N-methyl/N-ethyl adjacent to an activating group) is 1. The number of hydrogen-bond donors (Lipinski definition) is 1. The molecule has 1 atom stereocenters. The molecule has 0 fully saturated rings. The number of hydrogen-bond acceptors (Lipinski definition) is 5. The average Bonchev–Trinajstić information content (AvgIpc) is 2.85. The maximum atomic E-state index is 4.55.